The third kappa shape index (κ3) is 2.58. The SMILES string of the molecule is O=C1NC(=O)C(C2CCCN2S(=O)(=O)c2ccccc2)S1. The molecule has 1 N–H and O–H groups in total. The van der Waals surface area contributed by atoms with E-state index in [4.69, 9.17) is 0 Å². The first-order chi connectivity index (χ1) is 10.00. The standard InChI is InChI=1S/C13H14N2O4S2/c16-12-11(20-13(17)14-12)10-7-4-8-15(10)21(18,19)9-5-2-1-3-6-9/h1-3,5-6,10-11H,4,7-8H2,(H,14,16,17). The third-order valence-electron chi connectivity index (χ3n) is 3.67. The van der Waals surface area contributed by atoms with Crippen LogP contribution in [0.3, 0.4) is 0 Å². The van der Waals surface area contributed by atoms with E-state index in [1.54, 1.807) is 18.2 Å². The Bertz CT molecular complexity index is 675. The average molecular weight is 326 g/mol. The first kappa shape index (κ1) is 14.6. The number of hydrogen-bond acceptors (Lipinski definition) is 5. The number of carbonyl (C=O) groups excluding carboxylic acids is 2. The normalized spacial score (nSPS) is 27.0. The smallest absolute Gasteiger partial charge is 0.286 e. The molecule has 3 rings (SSSR count). The van der Waals surface area contributed by atoms with Crippen molar-refractivity contribution in [3.05, 3.63) is 30.3 Å². The van der Waals surface area contributed by atoms with E-state index < -0.39 is 32.5 Å². The van der Waals surface area contributed by atoms with Gasteiger partial charge in [0.2, 0.25) is 15.9 Å². The van der Waals surface area contributed by atoms with Crippen molar-refractivity contribution in [2.45, 2.75) is 29.0 Å². The van der Waals surface area contributed by atoms with Crippen LogP contribution in [-0.4, -0.2) is 41.7 Å². The van der Waals surface area contributed by atoms with Crippen molar-refractivity contribution >= 4 is 32.9 Å². The fourth-order valence-electron chi connectivity index (χ4n) is 2.72. The van der Waals surface area contributed by atoms with Crippen LogP contribution in [0.1, 0.15) is 12.8 Å². The van der Waals surface area contributed by atoms with Crippen LogP contribution in [0.2, 0.25) is 0 Å². The van der Waals surface area contributed by atoms with E-state index in [0.29, 0.717) is 19.4 Å². The summed E-state index contributed by atoms with van der Waals surface area (Å²) in [5.74, 6) is -0.398. The molecule has 2 aliphatic heterocycles. The van der Waals surface area contributed by atoms with E-state index in [2.05, 4.69) is 5.32 Å². The summed E-state index contributed by atoms with van der Waals surface area (Å²) < 4.78 is 26.7. The van der Waals surface area contributed by atoms with Crippen LogP contribution in [0, 0.1) is 0 Å². The van der Waals surface area contributed by atoms with Gasteiger partial charge in [0.15, 0.2) is 0 Å². The number of imide groups is 1. The summed E-state index contributed by atoms with van der Waals surface area (Å²) >= 11 is 0.880. The molecule has 2 fully saturated rings. The molecule has 0 bridgehead atoms. The lowest BCUT2D eigenvalue weighted by molar-refractivity contribution is -0.119. The van der Waals surface area contributed by atoms with E-state index in [1.807, 2.05) is 0 Å². The van der Waals surface area contributed by atoms with Crippen LogP contribution in [0.5, 0.6) is 0 Å². The first-order valence-corrected chi connectivity index (χ1v) is 8.90. The van der Waals surface area contributed by atoms with E-state index in [9.17, 15) is 18.0 Å². The second-order valence-electron chi connectivity index (χ2n) is 4.95. The predicted octanol–water partition coefficient (Wildman–Crippen LogP) is 1.19. The molecule has 1 aromatic rings. The molecule has 21 heavy (non-hydrogen) atoms. The van der Waals surface area contributed by atoms with Crippen LogP contribution in [0.25, 0.3) is 0 Å². The van der Waals surface area contributed by atoms with Crippen molar-refractivity contribution in [3.63, 3.8) is 0 Å². The van der Waals surface area contributed by atoms with E-state index in [0.717, 1.165) is 11.8 Å². The lowest BCUT2D eigenvalue weighted by Crippen LogP contribution is -2.44. The van der Waals surface area contributed by atoms with E-state index in [-0.39, 0.29) is 4.90 Å². The third-order valence-corrected chi connectivity index (χ3v) is 6.70. The number of thioether (sulfide) groups is 1. The molecule has 0 spiro atoms. The van der Waals surface area contributed by atoms with E-state index in [1.165, 1.54) is 16.4 Å². The Morgan fingerprint density at radius 2 is 1.90 bits per heavy atom. The van der Waals surface area contributed by atoms with Gasteiger partial charge in [-0.05, 0) is 36.7 Å². The minimum Gasteiger partial charge on any atom is -0.286 e. The van der Waals surface area contributed by atoms with Gasteiger partial charge in [0, 0.05) is 12.6 Å². The van der Waals surface area contributed by atoms with Crippen LogP contribution in [0.4, 0.5) is 4.79 Å². The number of nitrogens with one attached hydrogen (secondary N) is 1. The van der Waals surface area contributed by atoms with Crippen LogP contribution in [0.15, 0.2) is 35.2 Å². The number of sulfonamides is 1. The Kier molecular flexibility index (Phi) is 3.76. The molecule has 0 radical (unpaired) electrons. The number of carbonyl (C=O) groups is 2. The molecule has 2 saturated heterocycles. The minimum atomic E-state index is -3.64. The molecule has 2 atom stereocenters. The van der Waals surface area contributed by atoms with Gasteiger partial charge in [0.05, 0.1) is 4.90 Å². The van der Waals surface area contributed by atoms with E-state index >= 15 is 0 Å². The zero-order chi connectivity index (χ0) is 15.0. The second kappa shape index (κ2) is 5.43. The topological polar surface area (TPSA) is 83.6 Å². The van der Waals surface area contributed by atoms with Gasteiger partial charge in [0.25, 0.3) is 5.24 Å². The van der Waals surface area contributed by atoms with Gasteiger partial charge < -0.3 is 0 Å². The van der Waals surface area contributed by atoms with Crippen LogP contribution < -0.4 is 5.32 Å². The molecule has 8 heteroatoms. The van der Waals surface area contributed by atoms with Crippen molar-refractivity contribution in [2.24, 2.45) is 0 Å². The molecule has 2 amide bonds. The number of rotatable bonds is 3. The zero-order valence-corrected chi connectivity index (χ0v) is 12.7. The molecule has 0 aromatic heterocycles. The summed E-state index contributed by atoms with van der Waals surface area (Å²) in [6.45, 7) is 0.375. The van der Waals surface area contributed by atoms with Gasteiger partial charge in [-0.1, -0.05) is 18.2 Å². The van der Waals surface area contributed by atoms with Gasteiger partial charge in [-0.3, -0.25) is 14.9 Å². The highest BCUT2D eigenvalue weighted by atomic mass is 32.2. The van der Waals surface area contributed by atoms with Crippen molar-refractivity contribution in [1.29, 1.82) is 0 Å². The largest absolute Gasteiger partial charge is 0.286 e. The lowest BCUT2D eigenvalue weighted by atomic mass is 10.1. The highest BCUT2D eigenvalue weighted by molar-refractivity contribution is 8.15. The molecule has 0 aliphatic carbocycles. The van der Waals surface area contributed by atoms with Crippen LogP contribution in [-0.2, 0) is 14.8 Å². The Hall–Kier alpha value is -1.38. The number of nitrogens with zero attached hydrogens (tertiary/aromatic N) is 1. The van der Waals surface area contributed by atoms with Gasteiger partial charge >= 0.3 is 0 Å². The fourth-order valence-corrected chi connectivity index (χ4v) is 5.52. The van der Waals surface area contributed by atoms with Crippen molar-refractivity contribution < 1.29 is 18.0 Å². The summed E-state index contributed by atoms with van der Waals surface area (Å²) in [6, 6.07) is 7.69. The molecule has 2 aliphatic rings. The summed E-state index contributed by atoms with van der Waals surface area (Å²) in [4.78, 5) is 23.3. The van der Waals surface area contributed by atoms with Gasteiger partial charge in [-0.25, -0.2) is 8.42 Å². The van der Waals surface area contributed by atoms with Gasteiger partial charge in [0.1, 0.15) is 5.25 Å². The predicted molar refractivity (Wildman–Crippen MR) is 78.3 cm³/mol. The molecule has 6 nitrogen and oxygen atoms in total. The Balaban J connectivity index is 1.91. The Morgan fingerprint density at radius 3 is 2.52 bits per heavy atom. The number of benzene rings is 1. The molecule has 0 saturated carbocycles. The molecule has 2 unspecified atom stereocenters. The Labute approximate surface area is 126 Å². The molecular weight excluding hydrogens is 312 g/mol. The van der Waals surface area contributed by atoms with Gasteiger partial charge in [-0.2, -0.15) is 4.31 Å². The fraction of sp³-hybridized carbons (Fsp3) is 0.385. The van der Waals surface area contributed by atoms with Crippen molar-refractivity contribution in [3.8, 4) is 0 Å². The molecule has 1 aromatic carbocycles. The average Bonchev–Trinajstić information content (AvgIpc) is 3.06. The summed E-state index contributed by atoms with van der Waals surface area (Å²) in [5, 5.41) is 1.16. The minimum absolute atomic E-state index is 0.214. The highest BCUT2D eigenvalue weighted by Crippen LogP contribution is 2.34. The monoisotopic (exact) mass is 326 g/mol. The Morgan fingerprint density at radius 1 is 1.19 bits per heavy atom. The quantitative estimate of drug-likeness (QED) is 0.902. The maximum Gasteiger partial charge on any atom is 0.286 e. The maximum absolute atomic E-state index is 12.7. The number of hydrogen-bond donors (Lipinski definition) is 1. The van der Waals surface area contributed by atoms with Crippen LogP contribution >= 0.6 is 11.8 Å². The summed E-state index contributed by atoms with van der Waals surface area (Å²) in [7, 11) is -3.64. The summed E-state index contributed by atoms with van der Waals surface area (Å²) in [5.41, 5.74) is 0. The summed E-state index contributed by atoms with van der Waals surface area (Å²) in [6.07, 6.45) is 1.28. The van der Waals surface area contributed by atoms with Crippen molar-refractivity contribution in [2.75, 3.05) is 6.54 Å². The molecular formula is C13H14N2O4S2. The zero-order valence-electron chi connectivity index (χ0n) is 11.1. The molecule has 112 valence electrons. The first-order valence-electron chi connectivity index (χ1n) is 6.58. The maximum atomic E-state index is 12.7. The lowest BCUT2D eigenvalue weighted by Gasteiger charge is -2.26. The second-order valence-corrected chi connectivity index (χ2v) is 7.96. The van der Waals surface area contributed by atoms with Crippen molar-refractivity contribution in [1.82, 2.24) is 9.62 Å². The molecule has 2 heterocycles. The van der Waals surface area contributed by atoms with Gasteiger partial charge in [-0.15, -0.1) is 0 Å². The number of amides is 2. The highest BCUT2D eigenvalue weighted by Gasteiger charge is 2.46.